The first-order valence-corrected chi connectivity index (χ1v) is 10.7. The highest BCUT2D eigenvalue weighted by atomic mass is 32.1. The Labute approximate surface area is 186 Å². The molecule has 160 valence electrons. The summed E-state index contributed by atoms with van der Waals surface area (Å²) in [4.78, 5) is 24.3. The van der Waals surface area contributed by atoms with Crippen LogP contribution in [0.2, 0.25) is 0 Å². The van der Waals surface area contributed by atoms with Crippen molar-refractivity contribution in [1.82, 2.24) is 25.0 Å². The van der Waals surface area contributed by atoms with Crippen LogP contribution in [0.25, 0.3) is 16.8 Å². The van der Waals surface area contributed by atoms with Crippen LogP contribution in [-0.4, -0.2) is 26.3 Å². The van der Waals surface area contributed by atoms with Crippen LogP contribution in [0, 0.1) is 6.92 Å². The van der Waals surface area contributed by atoms with Gasteiger partial charge in [0.2, 0.25) is 0 Å². The molecule has 1 aromatic carbocycles. The van der Waals surface area contributed by atoms with Crippen LogP contribution in [-0.2, 0) is 0 Å². The first-order chi connectivity index (χ1) is 14.9. The number of pyridine rings is 1. The van der Waals surface area contributed by atoms with E-state index in [1.807, 2.05) is 38.2 Å². The molecule has 4 rings (SSSR count). The van der Waals surface area contributed by atoms with Gasteiger partial charge in [-0.15, -0.1) is 12.6 Å². The van der Waals surface area contributed by atoms with Gasteiger partial charge in [0.15, 0.2) is 5.50 Å². The zero-order chi connectivity index (χ0) is 22.0. The fourth-order valence-corrected chi connectivity index (χ4v) is 3.47. The Morgan fingerprint density at radius 3 is 2.84 bits per heavy atom. The lowest BCUT2D eigenvalue weighted by Crippen LogP contribution is -2.27. The second-order valence-corrected chi connectivity index (χ2v) is 8.21. The van der Waals surface area contributed by atoms with Gasteiger partial charge in [-0.1, -0.05) is 12.1 Å². The van der Waals surface area contributed by atoms with Gasteiger partial charge in [-0.25, -0.2) is 4.68 Å². The van der Waals surface area contributed by atoms with Gasteiger partial charge in [-0.2, -0.15) is 5.10 Å². The summed E-state index contributed by atoms with van der Waals surface area (Å²) in [5.41, 5.74) is 3.81. The third kappa shape index (κ3) is 4.91. The van der Waals surface area contributed by atoms with E-state index >= 15 is 0 Å². The van der Waals surface area contributed by atoms with E-state index in [0.29, 0.717) is 11.6 Å². The molecule has 31 heavy (non-hydrogen) atoms. The van der Waals surface area contributed by atoms with Crippen molar-refractivity contribution in [3.05, 3.63) is 82.7 Å². The molecular weight excluding hydrogens is 410 g/mol. The van der Waals surface area contributed by atoms with E-state index in [1.54, 1.807) is 35.4 Å². The number of thiol groups is 1. The van der Waals surface area contributed by atoms with Gasteiger partial charge in [0.1, 0.15) is 0 Å². The van der Waals surface area contributed by atoms with Gasteiger partial charge >= 0.3 is 0 Å². The molecule has 2 aromatic heterocycles. The number of nitrogens with zero attached hydrogens (tertiary/aromatic N) is 3. The maximum atomic E-state index is 12.4. The summed E-state index contributed by atoms with van der Waals surface area (Å²) in [5, 5.41) is 10.6. The van der Waals surface area contributed by atoms with Gasteiger partial charge in [-0.3, -0.25) is 14.2 Å². The van der Waals surface area contributed by atoms with Gasteiger partial charge in [0.25, 0.3) is 11.5 Å². The number of amides is 1. The van der Waals surface area contributed by atoms with Crippen LogP contribution in [0.5, 0.6) is 0 Å². The minimum atomic E-state index is -0.498. The predicted octanol–water partition coefficient (Wildman–Crippen LogP) is 3.41. The number of benzene rings is 1. The molecule has 0 bridgehead atoms. The molecule has 0 spiro atoms. The number of allylic oxidation sites excluding steroid dienone is 1. The zero-order valence-electron chi connectivity index (χ0n) is 17.4. The van der Waals surface area contributed by atoms with Crippen LogP contribution in [0.3, 0.4) is 0 Å². The molecule has 0 saturated heterocycles. The molecule has 0 aliphatic heterocycles. The molecular formula is C23H25N5O2S. The highest BCUT2D eigenvalue weighted by Crippen LogP contribution is 2.26. The van der Waals surface area contributed by atoms with Gasteiger partial charge < -0.3 is 10.6 Å². The molecule has 1 amide bonds. The van der Waals surface area contributed by atoms with Crippen molar-refractivity contribution in [3.8, 4) is 11.1 Å². The molecule has 2 heterocycles. The minimum Gasteiger partial charge on any atom is -0.361 e. The SMILES string of the molecule is C/C(=C\NC(S)n1ccccc1=O)n1cc(-c2cc(C(=O)NC3CC3)ccc2C)cn1. The molecule has 1 unspecified atom stereocenters. The number of hydrogen-bond donors (Lipinski definition) is 3. The highest BCUT2D eigenvalue weighted by molar-refractivity contribution is 7.80. The summed E-state index contributed by atoms with van der Waals surface area (Å²) in [5.74, 6) is -0.0348. The number of carbonyl (C=O) groups is 1. The zero-order valence-corrected chi connectivity index (χ0v) is 18.3. The van der Waals surface area contributed by atoms with Gasteiger partial charge in [-0.05, 0) is 56.0 Å². The van der Waals surface area contributed by atoms with Crippen molar-refractivity contribution in [2.75, 3.05) is 0 Å². The quantitative estimate of drug-likeness (QED) is 0.392. The Morgan fingerprint density at radius 2 is 2.10 bits per heavy atom. The summed E-state index contributed by atoms with van der Waals surface area (Å²) in [6.07, 6.45) is 9.26. The third-order valence-electron chi connectivity index (χ3n) is 5.22. The topological polar surface area (TPSA) is 81.0 Å². The average Bonchev–Trinajstić information content (AvgIpc) is 3.44. The summed E-state index contributed by atoms with van der Waals surface area (Å²) in [6.45, 7) is 3.92. The Morgan fingerprint density at radius 1 is 1.29 bits per heavy atom. The third-order valence-corrected chi connectivity index (χ3v) is 5.62. The van der Waals surface area contributed by atoms with Crippen LogP contribution >= 0.6 is 12.6 Å². The fourth-order valence-electron chi connectivity index (χ4n) is 3.21. The molecule has 1 saturated carbocycles. The molecule has 7 nitrogen and oxygen atoms in total. The molecule has 1 atom stereocenters. The monoisotopic (exact) mass is 435 g/mol. The number of rotatable bonds is 7. The van der Waals surface area contributed by atoms with Crippen LogP contribution in [0.15, 0.2) is 66.0 Å². The van der Waals surface area contributed by atoms with Crippen molar-refractivity contribution >= 4 is 24.2 Å². The Balaban J connectivity index is 1.51. The molecule has 1 aliphatic rings. The maximum Gasteiger partial charge on any atom is 0.252 e. The van der Waals surface area contributed by atoms with E-state index < -0.39 is 5.50 Å². The summed E-state index contributed by atoms with van der Waals surface area (Å²) in [6, 6.07) is 11.0. The van der Waals surface area contributed by atoms with Crippen molar-refractivity contribution in [3.63, 3.8) is 0 Å². The van der Waals surface area contributed by atoms with E-state index in [-0.39, 0.29) is 11.5 Å². The first kappa shape index (κ1) is 21.0. The summed E-state index contributed by atoms with van der Waals surface area (Å²) >= 11 is 4.45. The Bertz CT molecular complexity index is 1190. The number of carbonyl (C=O) groups excluding carboxylic acids is 1. The molecule has 0 radical (unpaired) electrons. The van der Waals surface area contributed by atoms with Crippen molar-refractivity contribution < 1.29 is 4.79 Å². The highest BCUT2D eigenvalue weighted by Gasteiger charge is 2.24. The van der Waals surface area contributed by atoms with E-state index in [4.69, 9.17) is 0 Å². The van der Waals surface area contributed by atoms with E-state index in [1.165, 1.54) is 10.6 Å². The number of nitrogens with one attached hydrogen (secondary N) is 2. The maximum absolute atomic E-state index is 12.4. The smallest absolute Gasteiger partial charge is 0.252 e. The molecule has 8 heteroatoms. The lowest BCUT2D eigenvalue weighted by atomic mass is 10.0. The Kier molecular flexibility index (Phi) is 5.99. The lowest BCUT2D eigenvalue weighted by Gasteiger charge is -2.14. The average molecular weight is 436 g/mol. The molecule has 1 fully saturated rings. The standard InChI is InChI=1S/C23H25N5O2S/c1-15-6-7-17(22(30)26-19-8-9-19)11-20(15)18-13-25-28(14-18)16(2)12-24-23(31)27-10-4-3-5-21(27)29/h3-7,10-14,19,23-24,31H,8-9H2,1-2H3,(H,26,30)/b16-12+. The second kappa shape index (κ2) is 8.85. The van der Waals surface area contributed by atoms with Crippen LogP contribution in [0.4, 0.5) is 0 Å². The minimum absolute atomic E-state index is 0.0348. The number of aryl methyl sites for hydroxylation is 1. The summed E-state index contributed by atoms with van der Waals surface area (Å²) < 4.78 is 3.23. The van der Waals surface area contributed by atoms with E-state index in [2.05, 4.69) is 28.4 Å². The van der Waals surface area contributed by atoms with E-state index in [0.717, 1.165) is 35.2 Å². The van der Waals surface area contributed by atoms with Crippen molar-refractivity contribution in [2.24, 2.45) is 0 Å². The van der Waals surface area contributed by atoms with Crippen molar-refractivity contribution in [1.29, 1.82) is 0 Å². The number of aromatic nitrogens is 3. The summed E-state index contributed by atoms with van der Waals surface area (Å²) in [7, 11) is 0. The fraction of sp³-hybridized carbons (Fsp3) is 0.261. The lowest BCUT2D eigenvalue weighted by molar-refractivity contribution is 0.0951. The van der Waals surface area contributed by atoms with E-state index in [9.17, 15) is 9.59 Å². The number of hydrogen-bond acceptors (Lipinski definition) is 5. The Hall–Kier alpha value is -3.26. The van der Waals surface area contributed by atoms with Gasteiger partial charge in [0, 0.05) is 41.8 Å². The largest absolute Gasteiger partial charge is 0.361 e. The first-order valence-electron chi connectivity index (χ1n) is 10.2. The van der Waals surface area contributed by atoms with Crippen LogP contribution in [0.1, 0.15) is 41.2 Å². The molecule has 3 aromatic rings. The van der Waals surface area contributed by atoms with Gasteiger partial charge in [0.05, 0.1) is 11.9 Å². The van der Waals surface area contributed by atoms with Crippen LogP contribution < -0.4 is 16.2 Å². The predicted molar refractivity (Wildman–Crippen MR) is 125 cm³/mol. The molecule has 1 aliphatic carbocycles. The molecule has 2 N–H and O–H groups in total. The van der Waals surface area contributed by atoms with Crippen molar-refractivity contribution in [2.45, 2.75) is 38.2 Å². The normalized spacial score (nSPS) is 14.9. The second-order valence-electron chi connectivity index (χ2n) is 7.72.